The minimum Gasteiger partial charge on any atom is -0.315 e. The van der Waals surface area contributed by atoms with Crippen molar-refractivity contribution in [1.82, 2.24) is 4.57 Å². The Labute approximate surface area is 137 Å². The fourth-order valence-corrected chi connectivity index (χ4v) is 3.76. The molecule has 0 aliphatic rings. The number of carbonyl (C=O) groups excluding carboxylic acids is 1. The summed E-state index contributed by atoms with van der Waals surface area (Å²) in [6.45, 7) is 4.72. The van der Waals surface area contributed by atoms with Crippen LogP contribution in [0.5, 0.6) is 0 Å². The summed E-state index contributed by atoms with van der Waals surface area (Å²) >= 11 is 7.76. The molecule has 22 heavy (non-hydrogen) atoms. The van der Waals surface area contributed by atoms with Gasteiger partial charge in [0.2, 0.25) is 0 Å². The number of benzene rings is 2. The number of hydrogen-bond acceptors (Lipinski definition) is 2. The van der Waals surface area contributed by atoms with Crippen LogP contribution >= 0.6 is 22.9 Å². The number of carbonyl (C=O) groups is 1. The van der Waals surface area contributed by atoms with Crippen molar-refractivity contribution in [3.05, 3.63) is 63.4 Å². The molecule has 0 saturated carbocycles. The van der Waals surface area contributed by atoms with E-state index in [0.717, 1.165) is 15.8 Å². The summed E-state index contributed by atoms with van der Waals surface area (Å²) < 4.78 is 3.01. The van der Waals surface area contributed by atoms with Gasteiger partial charge in [0.05, 0.1) is 15.2 Å². The molecule has 0 fully saturated rings. The zero-order valence-corrected chi connectivity index (χ0v) is 13.9. The largest absolute Gasteiger partial charge is 0.315 e. The highest BCUT2D eigenvalue weighted by atomic mass is 35.5. The standard InChI is InChI=1S/C17H15ClN2OS/c1-3-20-15-13(18)5-4-6-14(15)22-17(20)19-16(21)12-9-7-11(2)8-10-12/h4-10H,3H2,1-2H3. The van der Waals surface area contributed by atoms with Crippen LogP contribution in [0.3, 0.4) is 0 Å². The summed E-state index contributed by atoms with van der Waals surface area (Å²) in [5, 5.41) is 0.680. The monoisotopic (exact) mass is 330 g/mol. The molecule has 0 radical (unpaired) electrons. The fraction of sp³-hybridized carbons (Fsp3) is 0.176. The molecule has 3 aromatic rings. The van der Waals surface area contributed by atoms with Gasteiger partial charge < -0.3 is 4.57 Å². The molecule has 0 unspecified atom stereocenters. The number of halogens is 1. The van der Waals surface area contributed by atoms with Crippen LogP contribution in [-0.4, -0.2) is 10.5 Å². The number of fused-ring (bicyclic) bond motifs is 1. The molecular formula is C17H15ClN2OS. The number of aryl methyl sites for hydroxylation is 2. The van der Waals surface area contributed by atoms with Gasteiger partial charge in [0.1, 0.15) is 0 Å². The number of hydrogen-bond donors (Lipinski definition) is 0. The van der Waals surface area contributed by atoms with Crippen molar-refractivity contribution in [2.75, 3.05) is 0 Å². The number of thiazole rings is 1. The molecule has 3 nitrogen and oxygen atoms in total. The van der Waals surface area contributed by atoms with Gasteiger partial charge in [0, 0.05) is 12.1 Å². The Morgan fingerprint density at radius 3 is 2.64 bits per heavy atom. The smallest absolute Gasteiger partial charge is 0.279 e. The Morgan fingerprint density at radius 1 is 1.23 bits per heavy atom. The van der Waals surface area contributed by atoms with Gasteiger partial charge in [-0.3, -0.25) is 4.79 Å². The predicted molar refractivity (Wildman–Crippen MR) is 91.6 cm³/mol. The van der Waals surface area contributed by atoms with Crippen molar-refractivity contribution in [3.63, 3.8) is 0 Å². The molecule has 0 atom stereocenters. The number of para-hydroxylation sites is 1. The average molecular weight is 331 g/mol. The van der Waals surface area contributed by atoms with Gasteiger partial charge in [-0.25, -0.2) is 0 Å². The van der Waals surface area contributed by atoms with Crippen molar-refractivity contribution in [1.29, 1.82) is 0 Å². The second-order valence-electron chi connectivity index (χ2n) is 5.00. The molecule has 2 aromatic carbocycles. The van der Waals surface area contributed by atoms with Gasteiger partial charge in [-0.2, -0.15) is 4.99 Å². The summed E-state index contributed by atoms with van der Waals surface area (Å²) in [5.74, 6) is -0.232. The lowest BCUT2D eigenvalue weighted by Gasteiger charge is -2.02. The minimum absolute atomic E-state index is 0.232. The molecule has 1 aromatic heterocycles. The molecule has 0 bridgehead atoms. The number of amides is 1. The lowest BCUT2D eigenvalue weighted by atomic mass is 10.1. The summed E-state index contributed by atoms with van der Waals surface area (Å²) in [6, 6.07) is 13.2. The first-order valence-electron chi connectivity index (χ1n) is 7.03. The van der Waals surface area contributed by atoms with E-state index >= 15 is 0 Å². The quantitative estimate of drug-likeness (QED) is 0.684. The predicted octanol–water partition coefficient (Wildman–Crippen LogP) is 4.43. The van der Waals surface area contributed by atoms with E-state index in [9.17, 15) is 4.79 Å². The Bertz CT molecular complexity index is 907. The van der Waals surface area contributed by atoms with Gasteiger partial charge in [0.15, 0.2) is 4.80 Å². The van der Waals surface area contributed by atoms with Crippen molar-refractivity contribution < 1.29 is 4.79 Å². The topological polar surface area (TPSA) is 34.4 Å². The van der Waals surface area contributed by atoms with Crippen LogP contribution in [0.2, 0.25) is 5.02 Å². The number of nitrogens with zero attached hydrogens (tertiary/aromatic N) is 2. The van der Waals surface area contributed by atoms with Crippen LogP contribution in [-0.2, 0) is 6.54 Å². The lowest BCUT2D eigenvalue weighted by Crippen LogP contribution is -2.16. The van der Waals surface area contributed by atoms with Crippen LogP contribution in [0.15, 0.2) is 47.5 Å². The van der Waals surface area contributed by atoms with E-state index in [1.54, 1.807) is 12.1 Å². The van der Waals surface area contributed by atoms with Crippen LogP contribution in [0.4, 0.5) is 0 Å². The van der Waals surface area contributed by atoms with Gasteiger partial charge >= 0.3 is 0 Å². The Kier molecular flexibility index (Phi) is 4.14. The SMILES string of the molecule is CCn1c(=NC(=O)c2ccc(C)cc2)sc2cccc(Cl)c21. The van der Waals surface area contributed by atoms with E-state index in [4.69, 9.17) is 11.6 Å². The Morgan fingerprint density at radius 2 is 1.95 bits per heavy atom. The maximum atomic E-state index is 12.3. The Hall–Kier alpha value is -1.91. The average Bonchev–Trinajstić information content (AvgIpc) is 2.86. The first-order chi connectivity index (χ1) is 10.6. The van der Waals surface area contributed by atoms with E-state index in [-0.39, 0.29) is 5.91 Å². The van der Waals surface area contributed by atoms with Gasteiger partial charge in [-0.1, -0.05) is 46.7 Å². The second kappa shape index (κ2) is 6.07. The highest BCUT2D eigenvalue weighted by Gasteiger charge is 2.10. The third-order valence-corrected chi connectivity index (χ3v) is 4.81. The van der Waals surface area contributed by atoms with Crippen LogP contribution < -0.4 is 4.80 Å². The van der Waals surface area contributed by atoms with Crippen molar-refractivity contribution in [3.8, 4) is 0 Å². The van der Waals surface area contributed by atoms with E-state index in [2.05, 4.69) is 4.99 Å². The summed E-state index contributed by atoms with van der Waals surface area (Å²) in [5.41, 5.74) is 2.65. The molecular weight excluding hydrogens is 316 g/mol. The van der Waals surface area contributed by atoms with Crippen LogP contribution in [0.25, 0.3) is 10.2 Å². The molecule has 0 aliphatic heterocycles. The Balaban J connectivity index is 2.15. The highest BCUT2D eigenvalue weighted by molar-refractivity contribution is 7.16. The molecule has 1 amide bonds. The zero-order chi connectivity index (χ0) is 15.7. The molecule has 3 rings (SSSR count). The van der Waals surface area contributed by atoms with Gasteiger partial charge in [-0.15, -0.1) is 0 Å². The molecule has 0 saturated heterocycles. The molecule has 1 heterocycles. The maximum absolute atomic E-state index is 12.3. The number of rotatable bonds is 2. The van der Waals surface area contributed by atoms with Crippen LogP contribution in [0.1, 0.15) is 22.8 Å². The van der Waals surface area contributed by atoms with E-state index < -0.39 is 0 Å². The first kappa shape index (κ1) is 15.0. The third kappa shape index (κ3) is 2.72. The molecule has 112 valence electrons. The van der Waals surface area contributed by atoms with Crippen LogP contribution in [0, 0.1) is 6.92 Å². The molecule has 0 aliphatic carbocycles. The molecule has 5 heteroatoms. The van der Waals surface area contributed by atoms with E-state index in [0.29, 0.717) is 21.9 Å². The van der Waals surface area contributed by atoms with Crippen molar-refractivity contribution >= 4 is 39.1 Å². The molecule has 0 N–H and O–H groups in total. The maximum Gasteiger partial charge on any atom is 0.279 e. The highest BCUT2D eigenvalue weighted by Crippen LogP contribution is 2.25. The fourth-order valence-electron chi connectivity index (χ4n) is 2.31. The van der Waals surface area contributed by atoms with Gasteiger partial charge in [-0.05, 0) is 38.1 Å². The minimum atomic E-state index is -0.232. The lowest BCUT2D eigenvalue weighted by molar-refractivity contribution is 0.0998. The summed E-state index contributed by atoms with van der Waals surface area (Å²) in [7, 11) is 0. The van der Waals surface area contributed by atoms with Crippen molar-refractivity contribution in [2.24, 2.45) is 4.99 Å². The van der Waals surface area contributed by atoms with Crippen molar-refractivity contribution in [2.45, 2.75) is 20.4 Å². The second-order valence-corrected chi connectivity index (χ2v) is 6.41. The summed E-state index contributed by atoms with van der Waals surface area (Å²) in [4.78, 5) is 17.3. The first-order valence-corrected chi connectivity index (χ1v) is 8.23. The zero-order valence-electron chi connectivity index (χ0n) is 12.3. The van der Waals surface area contributed by atoms with Gasteiger partial charge in [0.25, 0.3) is 5.91 Å². The number of aromatic nitrogens is 1. The molecule has 0 spiro atoms. The third-order valence-electron chi connectivity index (χ3n) is 3.46. The van der Waals surface area contributed by atoms with E-state index in [1.165, 1.54) is 11.3 Å². The summed E-state index contributed by atoms with van der Waals surface area (Å²) in [6.07, 6.45) is 0. The normalized spacial score (nSPS) is 12.0. The van der Waals surface area contributed by atoms with E-state index in [1.807, 2.05) is 48.7 Å².